The molecular formula is C15H17Cl5N6. The van der Waals surface area contributed by atoms with Gasteiger partial charge in [0.05, 0.1) is 10.0 Å². The van der Waals surface area contributed by atoms with Crippen LogP contribution in [-0.4, -0.2) is 46.5 Å². The Morgan fingerprint density at radius 2 is 1.69 bits per heavy atom. The van der Waals surface area contributed by atoms with Crippen molar-refractivity contribution < 1.29 is 0 Å². The summed E-state index contributed by atoms with van der Waals surface area (Å²) in [6.07, 6.45) is 0. The van der Waals surface area contributed by atoms with Crippen LogP contribution < -0.4 is 10.6 Å². The maximum atomic E-state index is 6.02. The quantitative estimate of drug-likeness (QED) is 0.587. The Hall–Kier alpha value is -0.760. The van der Waals surface area contributed by atoms with E-state index < -0.39 is 3.79 Å². The first-order valence-electron chi connectivity index (χ1n) is 7.52. The molecule has 11 heteroatoms. The summed E-state index contributed by atoms with van der Waals surface area (Å²) in [5.41, 5.74) is 0.633. The molecule has 0 amide bonds. The predicted octanol–water partition coefficient (Wildman–Crippen LogP) is 5.11. The molecule has 1 heterocycles. The van der Waals surface area contributed by atoms with Crippen LogP contribution in [0.2, 0.25) is 10.0 Å². The maximum absolute atomic E-state index is 6.02. The Bertz CT molecular complexity index is 765. The predicted molar refractivity (Wildman–Crippen MR) is 110 cm³/mol. The number of halogens is 5. The highest BCUT2D eigenvalue weighted by atomic mass is 35.6. The average Bonchev–Trinajstić information content (AvgIpc) is 2.55. The van der Waals surface area contributed by atoms with Crippen molar-refractivity contribution >= 4 is 75.6 Å². The molecule has 6 nitrogen and oxygen atoms in total. The fourth-order valence-corrected chi connectivity index (χ4v) is 2.31. The van der Waals surface area contributed by atoms with E-state index in [4.69, 9.17) is 58.0 Å². The van der Waals surface area contributed by atoms with Gasteiger partial charge in [0.2, 0.25) is 15.7 Å². The molecule has 2 aromatic rings. The summed E-state index contributed by atoms with van der Waals surface area (Å²) in [4.78, 5) is 14.7. The van der Waals surface area contributed by atoms with Gasteiger partial charge in [-0.2, -0.15) is 15.0 Å². The molecule has 0 bridgehead atoms. The molecule has 0 unspecified atom stereocenters. The summed E-state index contributed by atoms with van der Waals surface area (Å²) in [5, 5.41) is 6.96. The molecule has 0 fully saturated rings. The van der Waals surface area contributed by atoms with Crippen LogP contribution in [0.5, 0.6) is 0 Å². The topological polar surface area (TPSA) is 66.0 Å². The van der Waals surface area contributed by atoms with Crippen LogP contribution in [-0.2, 0) is 3.79 Å². The van der Waals surface area contributed by atoms with Crippen LogP contribution in [0.25, 0.3) is 0 Å². The largest absolute Gasteiger partial charge is 0.353 e. The maximum Gasteiger partial charge on any atom is 0.250 e. The van der Waals surface area contributed by atoms with Crippen LogP contribution in [0.15, 0.2) is 18.2 Å². The zero-order valence-corrected chi connectivity index (χ0v) is 18.0. The van der Waals surface area contributed by atoms with Crippen LogP contribution in [0.3, 0.4) is 0 Å². The number of rotatable bonds is 6. The molecule has 0 aliphatic rings. The minimum atomic E-state index is -1.79. The standard InChI is InChI=1S/C15H17Cl5N6/c1-8(26(2)3)7-21-13-23-12(15(18,19)20)24-14(25-13)22-9-4-5-10(16)11(17)6-9/h4-6,8H,7H2,1-3H3,(H2,21,22,23,24,25)/t8-/m1/s1. The molecule has 2 N–H and O–H groups in total. The normalized spacial score (nSPS) is 13.0. The van der Waals surface area contributed by atoms with Crippen molar-refractivity contribution in [2.45, 2.75) is 16.8 Å². The summed E-state index contributed by atoms with van der Waals surface area (Å²) in [6, 6.07) is 5.27. The molecule has 142 valence electrons. The number of nitrogens with zero attached hydrogens (tertiary/aromatic N) is 4. The summed E-state index contributed by atoms with van der Waals surface area (Å²) in [6.45, 7) is 2.65. The number of likely N-dealkylation sites (N-methyl/N-ethyl adjacent to an activating group) is 1. The Kier molecular flexibility index (Phi) is 7.42. The second kappa shape index (κ2) is 8.95. The molecular weight excluding hydrogens is 441 g/mol. The van der Waals surface area contributed by atoms with E-state index in [1.54, 1.807) is 18.2 Å². The summed E-state index contributed by atoms with van der Waals surface area (Å²) in [5.74, 6) is 0.498. The molecule has 0 radical (unpaired) electrons. The second-order valence-corrected chi connectivity index (χ2v) is 8.85. The van der Waals surface area contributed by atoms with Gasteiger partial charge in [0.1, 0.15) is 0 Å². The van der Waals surface area contributed by atoms with E-state index in [-0.39, 0.29) is 23.8 Å². The highest BCUT2D eigenvalue weighted by molar-refractivity contribution is 6.66. The van der Waals surface area contributed by atoms with E-state index in [0.717, 1.165) is 0 Å². The van der Waals surface area contributed by atoms with Crippen molar-refractivity contribution in [3.05, 3.63) is 34.1 Å². The van der Waals surface area contributed by atoms with Gasteiger partial charge in [0, 0.05) is 18.3 Å². The number of hydrogen-bond donors (Lipinski definition) is 2. The van der Waals surface area contributed by atoms with Gasteiger partial charge in [-0.15, -0.1) is 0 Å². The van der Waals surface area contributed by atoms with E-state index in [1.807, 2.05) is 14.1 Å². The Morgan fingerprint density at radius 3 is 2.27 bits per heavy atom. The average molecular weight is 459 g/mol. The van der Waals surface area contributed by atoms with Crippen molar-refractivity contribution in [3.8, 4) is 0 Å². The number of aromatic nitrogens is 3. The highest BCUT2D eigenvalue weighted by Gasteiger charge is 2.28. The van der Waals surface area contributed by atoms with E-state index in [1.165, 1.54) is 0 Å². The van der Waals surface area contributed by atoms with Gasteiger partial charge in [-0.05, 0) is 39.2 Å². The lowest BCUT2D eigenvalue weighted by Crippen LogP contribution is -2.32. The van der Waals surface area contributed by atoms with Gasteiger partial charge in [0.25, 0.3) is 0 Å². The first-order chi connectivity index (χ1) is 12.1. The Balaban J connectivity index is 2.29. The monoisotopic (exact) mass is 456 g/mol. The molecule has 1 atom stereocenters. The molecule has 1 aromatic carbocycles. The lowest BCUT2D eigenvalue weighted by molar-refractivity contribution is 0.325. The van der Waals surface area contributed by atoms with Crippen LogP contribution in [0.4, 0.5) is 17.6 Å². The van der Waals surface area contributed by atoms with E-state index in [2.05, 4.69) is 37.4 Å². The zero-order chi connectivity index (χ0) is 19.5. The molecule has 2 rings (SSSR count). The van der Waals surface area contributed by atoms with Gasteiger partial charge in [0.15, 0.2) is 5.82 Å². The molecule has 26 heavy (non-hydrogen) atoms. The number of nitrogens with one attached hydrogen (secondary N) is 2. The van der Waals surface area contributed by atoms with Crippen LogP contribution in [0.1, 0.15) is 12.7 Å². The zero-order valence-electron chi connectivity index (χ0n) is 14.2. The third kappa shape index (κ3) is 6.15. The summed E-state index contributed by atoms with van der Waals surface area (Å²) >= 11 is 29.8. The lowest BCUT2D eigenvalue weighted by Gasteiger charge is -2.20. The number of alkyl halides is 3. The van der Waals surface area contributed by atoms with Gasteiger partial charge >= 0.3 is 0 Å². The number of benzene rings is 1. The minimum Gasteiger partial charge on any atom is -0.353 e. The third-order valence-electron chi connectivity index (χ3n) is 3.50. The van der Waals surface area contributed by atoms with Gasteiger partial charge in [-0.25, -0.2) is 0 Å². The van der Waals surface area contributed by atoms with Crippen molar-refractivity contribution in [1.29, 1.82) is 0 Å². The van der Waals surface area contributed by atoms with E-state index in [9.17, 15) is 0 Å². The van der Waals surface area contributed by atoms with Crippen LogP contribution in [0, 0.1) is 0 Å². The minimum absolute atomic E-state index is 0.0000617. The van der Waals surface area contributed by atoms with Gasteiger partial charge < -0.3 is 15.5 Å². The Labute approximate surface area is 177 Å². The lowest BCUT2D eigenvalue weighted by atomic mass is 10.3. The summed E-state index contributed by atoms with van der Waals surface area (Å²) in [7, 11) is 3.95. The highest BCUT2D eigenvalue weighted by Crippen LogP contribution is 2.36. The van der Waals surface area contributed by atoms with E-state index >= 15 is 0 Å². The molecule has 1 aromatic heterocycles. The van der Waals surface area contributed by atoms with Crippen molar-refractivity contribution in [2.24, 2.45) is 0 Å². The van der Waals surface area contributed by atoms with E-state index in [0.29, 0.717) is 22.3 Å². The molecule has 0 aliphatic carbocycles. The second-order valence-electron chi connectivity index (χ2n) is 5.75. The molecule has 0 saturated carbocycles. The number of hydrogen-bond acceptors (Lipinski definition) is 6. The van der Waals surface area contributed by atoms with Gasteiger partial charge in [-0.3, -0.25) is 0 Å². The SMILES string of the molecule is C[C@H](CNc1nc(Nc2ccc(Cl)c(Cl)c2)nc(C(Cl)(Cl)Cl)n1)N(C)C. The molecule has 0 saturated heterocycles. The van der Waals surface area contributed by atoms with Gasteiger partial charge in [-0.1, -0.05) is 58.0 Å². The number of anilines is 3. The molecule has 0 spiro atoms. The first-order valence-corrected chi connectivity index (χ1v) is 9.41. The molecule has 0 aliphatic heterocycles. The first kappa shape index (κ1) is 21.5. The van der Waals surface area contributed by atoms with Crippen molar-refractivity contribution in [2.75, 3.05) is 31.3 Å². The van der Waals surface area contributed by atoms with Crippen molar-refractivity contribution in [1.82, 2.24) is 19.9 Å². The fraction of sp³-hybridized carbons (Fsp3) is 0.400. The van der Waals surface area contributed by atoms with Crippen molar-refractivity contribution in [3.63, 3.8) is 0 Å². The summed E-state index contributed by atoms with van der Waals surface area (Å²) < 4.78 is -1.79. The smallest absolute Gasteiger partial charge is 0.250 e. The fourth-order valence-electron chi connectivity index (χ4n) is 1.76. The third-order valence-corrected chi connectivity index (χ3v) is 4.75. The Morgan fingerprint density at radius 1 is 1.04 bits per heavy atom. The van der Waals surface area contributed by atoms with Crippen LogP contribution >= 0.6 is 58.0 Å².